The van der Waals surface area contributed by atoms with Crippen LogP contribution in [0.2, 0.25) is 0 Å². The SMILES string of the molecule is COc1cc(C2=N/C(=C3/C=C(c4cccs4)Oc4ccccc43)C(=O)O2)cc(OC)c1OC. The number of carbonyl (C=O) groups is 1. The molecule has 3 aromatic rings. The van der Waals surface area contributed by atoms with Crippen LogP contribution in [0.4, 0.5) is 0 Å². The van der Waals surface area contributed by atoms with Crippen LogP contribution in [0.5, 0.6) is 23.0 Å². The van der Waals surface area contributed by atoms with Crippen molar-refractivity contribution in [2.45, 2.75) is 0 Å². The maximum atomic E-state index is 12.9. The quantitative estimate of drug-likeness (QED) is 0.397. The van der Waals surface area contributed by atoms with E-state index in [1.54, 1.807) is 23.5 Å². The largest absolute Gasteiger partial charge is 0.493 e. The molecule has 0 spiro atoms. The number of hydrogen-bond acceptors (Lipinski definition) is 8. The number of carbonyl (C=O) groups excluding carboxylic acids is 1. The lowest BCUT2D eigenvalue weighted by atomic mass is 9.99. The van der Waals surface area contributed by atoms with Crippen molar-refractivity contribution >= 4 is 34.5 Å². The van der Waals surface area contributed by atoms with Crippen molar-refractivity contribution in [2.24, 2.45) is 4.99 Å². The van der Waals surface area contributed by atoms with Crippen molar-refractivity contribution in [1.82, 2.24) is 0 Å². The Labute approximate surface area is 194 Å². The molecule has 0 saturated carbocycles. The predicted octanol–water partition coefficient (Wildman–Crippen LogP) is 4.92. The summed E-state index contributed by atoms with van der Waals surface area (Å²) in [5, 5.41) is 1.97. The molecule has 0 radical (unpaired) electrons. The Morgan fingerprint density at radius 1 is 0.909 bits per heavy atom. The molecular weight excluding hydrogens is 442 g/mol. The Balaban J connectivity index is 1.66. The minimum Gasteiger partial charge on any atom is -0.493 e. The van der Waals surface area contributed by atoms with Gasteiger partial charge in [-0.2, -0.15) is 0 Å². The molecule has 2 aliphatic rings. The number of fused-ring (bicyclic) bond motifs is 1. The molecule has 0 amide bonds. The van der Waals surface area contributed by atoms with Crippen molar-refractivity contribution in [1.29, 1.82) is 0 Å². The molecular formula is C25H19NO6S. The van der Waals surface area contributed by atoms with E-state index >= 15 is 0 Å². The van der Waals surface area contributed by atoms with Gasteiger partial charge in [0, 0.05) is 16.7 Å². The van der Waals surface area contributed by atoms with Crippen LogP contribution in [0.25, 0.3) is 11.3 Å². The highest BCUT2D eigenvalue weighted by Gasteiger charge is 2.31. The molecule has 5 rings (SSSR count). The van der Waals surface area contributed by atoms with E-state index in [2.05, 4.69) is 4.99 Å². The smallest absolute Gasteiger partial charge is 0.364 e. The molecule has 7 nitrogen and oxygen atoms in total. The van der Waals surface area contributed by atoms with Crippen molar-refractivity contribution in [3.63, 3.8) is 0 Å². The number of allylic oxidation sites excluding steroid dienone is 2. The maximum absolute atomic E-state index is 12.9. The summed E-state index contributed by atoms with van der Waals surface area (Å²) in [6.45, 7) is 0. The number of hydrogen-bond donors (Lipinski definition) is 0. The highest BCUT2D eigenvalue weighted by Crippen LogP contribution is 2.42. The zero-order valence-electron chi connectivity index (χ0n) is 18.1. The van der Waals surface area contributed by atoms with E-state index in [4.69, 9.17) is 23.7 Å². The van der Waals surface area contributed by atoms with Crippen molar-refractivity contribution in [3.8, 4) is 23.0 Å². The molecule has 0 saturated heterocycles. The Hall–Kier alpha value is -4.04. The summed E-state index contributed by atoms with van der Waals surface area (Å²) in [7, 11) is 4.56. The lowest BCUT2D eigenvalue weighted by Gasteiger charge is -2.19. The van der Waals surface area contributed by atoms with Gasteiger partial charge in [-0.15, -0.1) is 11.3 Å². The summed E-state index contributed by atoms with van der Waals surface area (Å²) in [6, 6.07) is 14.8. The molecule has 2 aliphatic heterocycles. The zero-order valence-corrected chi connectivity index (χ0v) is 18.9. The second-order valence-electron chi connectivity index (χ2n) is 7.07. The molecule has 0 atom stereocenters. The summed E-state index contributed by atoms with van der Waals surface area (Å²) in [5.74, 6) is 2.20. The third-order valence-corrected chi connectivity index (χ3v) is 6.08. The number of esters is 1. The lowest BCUT2D eigenvalue weighted by Crippen LogP contribution is -2.08. The van der Waals surface area contributed by atoms with E-state index in [1.807, 2.05) is 47.9 Å². The number of para-hydroxylation sites is 1. The Morgan fingerprint density at radius 3 is 2.33 bits per heavy atom. The minimum atomic E-state index is -0.549. The second kappa shape index (κ2) is 8.48. The van der Waals surface area contributed by atoms with Gasteiger partial charge in [0.1, 0.15) is 11.5 Å². The van der Waals surface area contributed by atoms with E-state index in [9.17, 15) is 4.79 Å². The van der Waals surface area contributed by atoms with Crippen molar-refractivity contribution < 1.29 is 28.5 Å². The van der Waals surface area contributed by atoms with Gasteiger partial charge in [0.2, 0.25) is 11.6 Å². The summed E-state index contributed by atoms with van der Waals surface area (Å²) >= 11 is 1.55. The van der Waals surface area contributed by atoms with Gasteiger partial charge >= 0.3 is 5.97 Å². The molecule has 0 fully saturated rings. The molecule has 8 heteroatoms. The molecule has 1 aromatic heterocycles. The molecule has 0 bridgehead atoms. The first-order valence-electron chi connectivity index (χ1n) is 10.0. The van der Waals surface area contributed by atoms with E-state index in [0.29, 0.717) is 39.9 Å². The number of methoxy groups -OCH3 is 3. The monoisotopic (exact) mass is 461 g/mol. The fourth-order valence-electron chi connectivity index (χ4n) is 3.68. The van der Waals surface area contributed by atoms with E-state index in [-0.39, 0.29) is 11.6 Å². The van der Waals surface area contributed by atoms with Crippen LogP contribution < -0.4 is 18.9 Å². The first-order chi connectivity index (χ1) is 16.1. The Morgan fingerprint density at radius 2 is 1.67 bits per heavy atom. The van der Waals surface area contributed by atoms with Crippen molar-refractivity contribution in [3.05, 3.63) is 81.7 Å². The fraction of sp³-hybridized carbons (Fsp3) is 0.120. The van der Waals surface area contributed by atoms with Crippen LogP contribution in [0.3, 0.4) is 0 Å². The van der Waals surface area contributed by atoms with E-state index in [0.717, 1.165) is 10.4 Å². The van der Waals surface area contributed by atoms with E-state index in [1.165, 1.54) is 21.3 Å². The average Bonchev–Trinajstić information content (AvgIpc) is 3.52. The lowest BCUT2D eigenvalue weighted by molar-refractivity contribution is -0.129. The van der Waals surface area contributed by atoms with Gasteiger partial charge in [0.25, 0.3) is 0 Å². The summed E-state index contributed by atoms with van der Waals surface area (Å²) in [5.41, 5.74) is 2.12. The summed E-state index contributed by atoms with van der Waals surface area (Å²) in [6.07, 6.45) is 1.83. The van der Waals surface area contributed by atoms with Crippen LogP contribution in [0, 0.1) is 0 Å². The second-order valence-corrected chi connectivity index (χ2v) is 8.01. The summed E-state index contributed by atoms with van der Waals surface area (Å²) in [4.78, 5) is 18.4. The van der Waals surface area contributed by atoms with Gasteiger partial charge in [0.15, 0.2) is 17.2 Å². The Bertz CT molecular complexity index is 1310. The van der Waals surface area contributed by atoms with Gasteiger partial charge in [-0.3, -0.25) is 0 Å². The van der Waals surface area contributed by atoms with E-state index < -0.39 is 5.97 Å². The van der Waals surface area contributed by atoms with Crippen molar-refractivity contribution in [2.75, 3.05) is 21.3 Å². The van der Waals surface area contributed by atoms with Gasteiger partial charge in [-0.25, -0.2) is 9.79 Å². The molecule has 2 aromatic carbocycles. The number of thiophene rings is 1. The number of cyclic esters (lactones) is 1. The first-order valence-corrected chi connectivity index (χ1v) is 10.9. The van der Waals surface area contributed by atoms with Crippen LogP contribution in [0.1, 0.15) is 16.0 Å². The van der Waals surface area contributed by atoms with Crippen LogP contribution in [-0.4, -0.2) is 33.2 Å². The third kappa shape index (κ3) is 3.64. The number of rotatable bonds is 5. The van der Waals surface area contributed by atoms with Crippen LogP contribution in [-0.2, 0) is 9.53 Å². The normalized spacial score (nSPS) is 16.9. The average molecular weight is 461 g/mol. The third-order valence-electron chi connectivity index (χ3n) is 5.20. The first kappa shape index (κ1) is 20.8. The number of benzene rings is 2. The topological polar surface area (TPSA) is 75.6 Å². The number of ether oxygens (including phenoxy) is 5. The molecule has 0 unspecified atom stereocenters. The predicted molar refractivity (Wildman–Crippen MR) is 125 cm³/mol. The number of nitrogens with zero attached hydrogens (tertiary/aromatic N) is 1. The molecule has 0 aliphatic carbocycles. The summed E-state index contributed by atoms with van der Waals surface area (Å²) < 4.78 is 27.8. The molecule has 33 heavy (non-hydrogen) atoms. The zero-order chi connectivity index (χ0) is 22.9. The minimum absolute atomic E-state index is 0.150. The van der Waals surface area contributed by atoms with Crippen LogP contribution in [0.15, 0.2) is 70.7 Å². The highest BCUT2D eigenvalue weighted by molar-refractivity contribution is 7.11. The number of aliphatic imine (C=N–C) groups is 1. The highest BCUT2D eigenvalue weighted by atomic mass is 32.1. The van der Waals surface area contributed by atoms with Gasteiger partial charge in [-0.1, -0.05) is 24.3 Å². The van der Waals surface area contributed by atoms with Crippen LogP contribution >= 0.6 is 11.3 Å². The standard InChI is InChI=1S/C25H19NO6S/c1-28-19-11-14(12-20(29-2)23(19)30-3)24-26-22(25(27)32-24)16-13-18(21-9-6-10-33-21)31-17-8-5-4-7-15(16)17/h4-13H,1-3H3/b22-16-. The van der Waals surface area contributed by atoms with Gasteiger partial charge in [0.05, 0.1) is 26.2 Å². The Kier molecular flexibility index (Phi) is 5.35. The molecule has 0 N–H and O–H groups in total. The molecule has 166 valence electrons. The van der Waals surface area contributed by atoms with Gasteiger partial charge < -0.3 is 23.7 Å². The van der Waals surface area contributed by atoms with Gasteiger partial charge in [-0.05, 0) is 35.7 Å². The molecule has 3 heterocycles. The fourth-order valence-corrected chi connectivity index (χ4v) is 4.35. The maximum Gasteiger partial charge on any atom is 0.364 e.